The molecule has 1 aromatic heterocycles. The van der Waals surface area contributed by atoms with Gasteiger partial charge in [-0.15, -0.1) is 11.3 Å². The van der Waals surface area contributed by atoms with E-state index in [2.05, 4.69) is 36.6 Å². The van der Waals surface area contributed by atoms with Gasteiger partial charge in [-0.25, -0.2) is 13.1 Å². The molecule has 1 aromatic carbocycles. The molecule has 1 heterocycles. The molecule has 0 unspecified atom stereocenters. The molecule has 0 aliphatic carbocycles. The van der Waals surface area contributed by atoms with E-state index >= 15 is 0 Å². The van der Waals surface area contributed by atoms with Crippen LogP contribution in [0.3, 0.4) is 0 Å². The van der Waals surface area contributed by atoms with Crippen LogP contribution in [0.2, 0.25) is 0 Å². The van der Waals surface area contributed by atoms with Gasteiger partial charge in [0.1, 0.15) is 0 Å². The van der Waals surface area contributed by atoms with Gasteiger partial charge in [0.15, 0.2) is 0 Å². The van der Waals surface area contributed by atoms with E-state index in [4.69, 9.17) is 0 Å². The number of benzene rings is 1. The SMILES string of the molecule is O=S(=O)(NCc1ccc(Br)s1)c1ccccc1Br. The normalized spacial score (nSPS) is 11.7. The van der Waals surface area contributed by atoms with Gasteiger partial charge >= 0.3 is 0 Å². The lowest BCUT2D eigenvalue weighted by Crippen LogP contribution is -2.23. The number of nitrogens with one attached hydrogen (secondary N) is 1. The van der Waals surface area contributed by atoms with Crippen LogP contribution in [0, 0.1) is 0 Å². The molecule has 1 N–H and O–H groups in total. The maximum Gasteiger partial charge on any atom is 0.242 e. The molecule has 0 atom stereocenters. The third kappa shape index (κ3) is 3.42. The quantitative estimate of drug-likeness (QED) is 0.834. The number of thiophene rings is 1. The van der Waals surface area contributed by atoms with Crippen molar-refractivity contribution in [3.05, 3.63) is 49.5 Å². The summed E-state index contributed by atoms with van der Waals surface area (Å²) in [6.07, 6.45) is 0. The van der Waals surface area contributed by atoms with E-state index in [0.29, 0.717) is 11.0 Å². The first-order valence-electron chi connectivity index (χ1n) is 4.97. The van der Waals surface area contributed by atoms with E-state index in [-0.39, 0.29) is 4.90 Å². The van der Waals surface area contributed by atoms with Crippen LogP contribution >= 0.6 is 43.2 Å². The second-order valence-corrected chi connectivity index (χ2v) is 8.60. The molecule has 3 nitrogen and oxygen atoms in total. The minimum atomic E-state index is -3.49. The fraction of sp³-hybridized carbons (Fsp3) is 0.0909. The van der Waals surface area contributed by atoms with Crippen LogP contribution in [-0.2, 0) is 16.6 Å². The van der Waals surface area contributed by atoms with Gasteiger partial charge in [0.25, 0.3) is 0 Å². The van der Waals surface area contributed by atoms with Crippen molar-refractivity contribution in [2.24, 2.45) is 0 Å². The summed E-state index contributed by atoms with van der Waals surface area (Å²) >= 11 is 8.09. The lowest BCUT2D eigenvalue weighted by Gasteiger charge is -2.07. The topological polar surface area (TPSA) is 46.2 Å². The van der Waals surface area contributed by atoms with Gasteiger partial charge in [0.05, 0.1) is 8.68 Å². The molecule has 0 aliphatic rings. The Morgan fingerprint density at radius 3 is 2.44 bits per heavy atom. The van der Waals surface area contributed by atoms with Crippen molar-refractivity contribution in [3.63, 3.8) is 0 Å². The minimum Gasteiger partial charge on any atom is -0.207 e. The van der Waals surface area contributed by atoms with Crippen LogP contribution < -0.4 is 4.72 Å². The zero-order chi connectivity index (χ0) is 13.2. The summed E-state index contributed by atoms with van der Waals surface area (Å²) < 4.78 is 28.3. The summed E-state index contributed by atoms with van der Waals surface area (Å²) in [5, 5.41) is 0. The Labute approximate surface area is 127 Å². The van der Waals surface area contributed by atoms with E-state index in [9.17, 15) is 8.42 Å². The van der Waals surface area contributed by atoms with E-state index in [0.717, 1.165) is 8.66 Å². The molecule has 0 bridgehead atoms. The molecule has 0 fully saturated rings. The minimum absolute atomic E-state index is 0.251. The Kier molecular flexibility index (Phi) is 4.60. The highest BCUT2D eigenvalue weighted by Crippen LogP contribution is 2.24. The third-order valence-corrected chi connectivity index (χ3v) is 6.23. The van der Waals surface area contributed by atoms with E-state index < -0.39 is 10.0 Å². The predicted octanol–water partition coefficient (Wildman–Crippen LogP) is 3.75. The fourth-order valence-electron chi connectivity index (χ4n) is 1.35. The van der Waals surface area contributed by atoms with Gasteiger partial charge < -0.3 is 0 Å². The summed E-state index contributed by atoms with van der Waals surface area (Å²) in [6.45, 7) is 0.292. The van der Waals surface area contributed by atoms with Gasteiger partial charge in [0, 0.05) is 15.9 Å². The van der Waals surface area contributed by atoms with Crippen molar-refractivity contribution >= 4 is 53.2 Å². The molecular formula is C11H9Br2NO2S2. The molecule has 7 heteroatoms. The van der Waals surface area contributed by atoms with Crippen LogP contribution in [0.4, 0.5) is 0 Å². The van der Waals surface area contributed by atoms with E-state index in [1.54, 1.807) is 24.3 Å². The maximum absolute atomic E-state index is 12.1. The average molecular weight is 411 g/mol. The monoisotopic (exact) mass is 409 g/mol. The van der Waals surface area contributed by atoms with E-state index in [1.807, 2.05) is 12.1 Å². The predicted molar refractivity (Wildman–Crippen MR) is 80.2 cm³/mol. The molecule has 0 aliphatic heterocycles. The molecule has 0 amide bonds. The van der Waals surface area contributed by atoms with Crippen LogP contribution in [0.25, 0.3) is 0 Å². The summed E-state index contributed by atoms with van der Waals surface area (Å²) in [4.78, 5) is 1.21. The van der Waals surface area contributed by atoms with E-state index in [1.165, 1.54) is 11.3 Å². The first-order valence-corrected chi connectivity index (χ1v) is 8.86. The smallest absolute Gasteiger partial charge is 0.207 e. The Morgan fingerprint density at radius 1 is 1.11 bits per heavy atom. The van der Waals surface area contributed by atoms with Crippen LogP contribution in [0.15, 0.2) is 49.6 Å². The Morgan fingerprint density at radius 2 is 1.83 bits per heavy atom. The first kappa shape index (κ1) is 14.2. The summed E-state index contributed by atoms with van der Waals surface area (Å²) in [6, 6.07) is 10.5. The average Bonchev–Trinajstić information content (AvgIpc) is 2.73. The van der Waals surface area contributed by atoms with Crippen molar-refractivity contribution in [2.75, 3.05) is 0 Å². The standard InChI is InChI=1S/C11H9Br2NO2S2/c12-9-3-1-2-4-10(9)18(15,16)14-7-8-5-6-11(13)17-8/h1-6,14H,7H2. The molecule has 0 radical (unpaired) electrons. The van der Waals surface area contributed by atoms with Gasteiger partial charge in [0.2, 0.25) is 10.0 Å². The highest BCUT2D eigenvalue weighted by atomic mass is 79.9. The lowest BCUT2D eigenvalue weighted by molar-refractivity contribution is 0.581. The Balaban J connectivity index is 2.16. The van der Waals surface area contributed by atoms with Crippen LogP contribution in [0.5, 0.6) is 0 Å². The molecule has 0 spiro atoms. The van der Waals surface area contributed by atoms with Crippen molar-refractivity contribution in [1.29, 1.82) is 0 Å². The van der Waals surface area contributed by atoms with Gasteiger partial charge in [-0.1, -0.05) is 12.1 Å². The number of rotatable bonds is 4. The van der Waals surface area contributed by atoms with Gasteiger partial charge in [-0.3, -0.25) is 0 Å². The number of hydrogen-bond acceptors (Lipinski definition) is 3. The van der Waals surface area contributed by atoms with Crippen molar-refractivity contribution in [2.45, 2.75) is 11.4 Å². The second kappa shape index (κ2) is 5.83. The van der Waals surface area contributed by atoms with Gasteiger partial charge in [-0.05, 0) is 56.1 Å². The summed E-state index contributed by atoms with van der Waals surface area (Å²) in [5.74, 6) is 0. The van der Waals surface area contributed by atoms with Crippen LogP contribution in [-0.4, -0.2) is 8.42 Å². The molecule has 0 saturated carbocycles. The molecule has 2 rings (SSSR count). The second-order valence-electron chi connectivity index (χ2n) is 3.46. The zero-order valence-corrected chi connectivity index (χ0v) is 13.9. The fourth-order valence-corrected chi connectivity index (χ4v) is 4.88. The Hall–Kier alpha value is -0.210. The maximum atomic E-state index is 12.1. The van der Waals surface area contributed by atoms with Crippen molar-refractivity contribution in [1.82, 2.24) is 4.72 Å². The highest BCUT2D eigenvalue weighted by molar-refractivity contribution is 9.11. The summed E-state index contributed by atoms with van der Waals surface area (Å²) in [5.41, 5.74) is 0. The largest absolute Gasteiger partial charge is 0.242 e. The molecule has 96 valence electrons. The molecule has 2 aromatic rings. The number of halogens is 2. The first-order chi connectivity index (χ1) is 8.49. The Bertz CT molecular complexity index is 653. The number of sulfonamides is 1. The molecule has 0 saturated heterocycles. The molecular weight excluding hydrogens is 402 g/mol. The zero-order valence-electron chi connectivity index (χ0n) is 9.06. The van der Waals surface area contributed by atoms with Gasteiger partial charge in [-0.2, -0.15) is 0 Å². The number of hydrogen-bond donors (Lipinski definition) is 1. The van der Waals surface area contributed by atoms with Crippen molar-refractivity contribution < 1.29 is 8.42 Å². The summed E-state index contributed by atoms with van der Waals surface area (Å²) in [7, 11) is -3.49. The van der Waals surface area contributed by atoms with Crippen LogP contribution in [0.1, 0.15) is 4.88 Å². The lowest BCUT2D eigenvalue weighted by atomic mass is 10.4. The molecule has 18 heavy (non-hydrogen) atoms. The van der Waals surface area contributed by atoms with Crippen molar-refractivity contribution in [3.8, 4) is 0 Å². The third-order valence-electron chi connectivity index (χ3n) is 2.19. The highest BCUT2D eigenvalue weighted by Gasteiger charge is 2.16.